The molecule has 120 valence electrons. The number of hydrogen-bond acceptors (Lipinski definition) is 2. The zero-order valence-electron chi connectivity index (χ0n) is 12.4. The molecule has 0 spiro atoms. The molecule has 22 heavy (non-hydrogen) atoms. The van der Waals surface area contributed by atoms with Crippen LogP contribution in [-0.2, 0) is 11.0 Å². The molecule has 3 nitrogen and oxygen atoms in total. The number of amides is 1. The van der Waals surface area contributed by atoms with Crippen LogP contribution in [0.25, 0.3) is 5.57 Å². The Balaban J connectivity index is 2.21. The zero-order valence-corrected chi connectivity index (χ0v) is 12.4. The van der Waals surface area contributed by atoms with E-state index in [1.165, 1.54) is 31.2 Å². The summed E-state index contributed by atoms with van der Waals surface area (Å²) in [7, 11) is 0. The summed E-state index contributed by atoms with van der Waals surface area (Å²) in [5, 5.41) is 0. The van der Waals surface area contributed by atoms with Crippen molar-refractivity contribution in [1.82, 2.24) is 4.90 Å². The van der Waals surface area contributed by atoms with Crippen molar-refractivity contribution in [1.29, 1.82) is 0 Å². The average molecular weight is 312 g/mol. The summed E-state index contributed by atoms with van der Waals surface area (Å²) in [6.07, 6.45) is -2.31. The molecule has 1 saturated heterocycles. The van der Waals surface area contributed by atoms with Gasteiger partial charge in [-0.25, -0.2) is 0 Å². The van der Waals surface area contributed by atoms with Gasteiger partial charge in [-0.3, -0.25) is 4.79 Å². The Kier molecular flexibility index (Phi) is 4.90. The fourth-order valence-electron chi connectivity index (χ4n) is 2.65. The van der Waals surface area contributed by atoms with Crippen molar-refractivity contribution >= 4 is 11.5 Å². The van der Waals surface area contributed by atoms with Gasteiger partial charge in [-0.05, 0) is 43.0 Å². The summed E-state index contributed by atoms with van der Waals surface area (Å²) in [5.74, 6) is 0.0190. The Hall–Kier alpha value is -1.82. The second-order valence-corrected chi connectivity index (χ2v) is 5.55. The Morgan fingerprint density at radius 3 is 2.68 bits per heavy atom. The molecule has 1 aliphatic rings. The first kappa shape index (κ1) is 16.5. The van der Waals surface area contributed by atoms with E-state index in [-0.39, 0.29) is 17.4 Å². The van der Waals surface area contributed by atoms with Crippen LogP contribution in [0.3, 0.4) is 0 Å². The fourth-order valence-corrected chi connectivity index (χ4v) is 2.65. The monoisotopic (exact) mass is 312 g/mol. The van der Waals surface area contributed by atoms with E-state index in [1.54, 1.807) is 4.90 Å². The molecular weight excluding hydrogens is 293 g/mol. The molecule has 2 N–H and O–H groups in total. The number of likely N-dealkylation sites (tertiary alicyclic amines) is 1. The Morgan fingerprint density at radius 2 is 2.09 bits per heavy atom. The van der Waals surface area contributed by atoms with Gasteiger partial charge < -0.3 is 10.6 Å². The van der Waals surface area contributed by atoms with Gasteiger partial charge in [-0.1, -0.05) is 18.2 Å². The number of nitrogens with zero attached hydrogens (tertiary/aromatic N) is 1. The number of carbonyl (C=O) groups excluding carboxylic acids is 1. The lowest BCUT2D eigenvalue weighted by Crippen LogP contribution is -2.28. The van der Waals surface area contributed by atoms with E-state index in [0.29, 0.717) is 25.2 Å². The Morgan fingerprint density at radius 1 is 1.41 bits per heavy atom. The highest BCUT2D eigenvalue weighted by Gasteiger charge is 2.33. The minimum Gasteiger partial charge on any atom is -0.339 e. The van der Waals surface area contributed by atoms with Gasteiger partial charge in [0.15, 0.2) is 0 Å². The SMILES string of the molecule is C/C(=C\C(=O)N1CCC(CN)C1)c1ccccc1C(F)(F)F. The van der Waals surface area contributed by atoms with E-state index >= 15 is 0 Å². The number of nitrogens with two attached hydrogens (primary N) is 1. The first-order valence-electron chi connectivity index (χ1n) is 7.16. The molecular formula is C16H19F3N2O. The summed E-state index contributed by atoms with van der Waals surface area (Å²) < 4.78 is 39.0. The van der Waals surface area contributed by atoms with E-state index in [4.69, 9.17) is 5.73 Å². The molecule has 1 unspecified atom stereocenters. The molecule has 1 amide bonds. The highest BCUT2D eigenvalue weighted by atomic mass is 19.4. The van der Waals surface area contributed by atoms with Crippen LogP contribution < -0.4 is 5.73 Å². The largest absolute Gasteiger partial charge is 0.416 e. The first-order chi connectivity index (χ1) is 10.3. The van der Waals surface area contributed by atoms with Crippen LogP contribution in [0.2, 0.25) is 0 Å². The highest BCUT2D eigenvalue weighted by molar-refractivity contribution is 5.95. The van der Waals surface area contributed by atoms with Gasteiger partial charge in [-0.15, -0.1) is 0 Å². The molecule has 1 fully saturated rings. The summed E-state index contributed by atoms with van der Waals surface area (Å²) in [5.41, 5.74) is 5.21. The number of benzene rings is 1. The molecule has 0 aliphatic carbocycles. The lowest BCUT2D eigenvalue weighted by molar-refractivity contribution is -0.137. The fraction of sp³-hybridized carbons (Fsp3) is 0.438. The quantitative estimate of drug-likeness (QED) is 0.872. The van der Waals surface area contributed by atoms with Crippen LogP contribution in [-0.4, -0.2) is 30.4 Å². The summed E-state index contributed by atoms with van der Waals surface area (Å²) in [6.45, 7) is 3.22. The van der Waals surface area contributed by atoms with Crippen LogP contribution in [0.4, 0.5) is 13.2 Å². The predicted molar refractivity (Wildman–Crippen MR) is 78.8 cm³/mol. The van der Waals surface area contributed by atoms with Crippen molar-refractivity contribution in [2.75, 3.05) is 19.6 Å². The van der Waals surface area contributed by atoms with Crippen molar-refractivity contribution in [3.05, 3.63) is 41.5 Å². The molecule has 1 aromatic rings. The van der Waals surface area contributed by atoms with Crippen molar-refractivity contribution in [2.45, 2.75) is 19.5 Å². The summed E-state index contributed by atoms with van der Waals surface area (Å²) in [6, 6.07) is 5.28. The highest BCUT2D eigenvalue weighted by Crippen LogP contribution is 2.34. The first-order valence-corrected chi connectivity index (χ1v) is 7.16. The van der Waals surface area contributed by atoms with E-state index in [9.17, 15) is 18.0 Å². The minimum atomic E-state index is -4.44. The molecule has 0 radical (unpaired) electrons. The van der Waals surface area contributed by atoms with Crippen LogP contribution in [0, 0.1) is 5.92 Å². The normalized spacial score (nSPS) is 19.6. The molecule has 0 aromatic heterocycles. The van der Waals surface area contributed by atoms with Crippen molar-refractivity contribution in [3.63, 3.8) is 0 Å². The smallest absolute Gasteiger partial charge is 0.339 e. The third-order valence-corrected chi connectivity index (χ3v) is 3.93. The second kappa shape index (κ2) is 6.52. The van der Waals surface area contributed by atoms with E-state index in [0.717, 1.165) is 12.5 Å². The number of carbonyl (C=O) groups is 1. The number of rotatable bonds is 3. The van der Waals surface area contributed by atoms with Gasteiger partial charge in [-0.2, -0.15) is 13.2 Å². The third-order valence-electron chi connectivity index (χ3n) is 3.93. The number of alkyl halides is 3. The Bertz CT molecular complexity index is 581. The number of hydrogen-bond donors (Lipinski definition) is 1. The van der Waals surface area contributed by atoms with Crippen LogP contribution in [0.5, 0.6) is 0 Å². The van der Waals surface area contributed by atoms with Crippen LogP contribution in [0.15, 0.2) is 30.3 Å². The van der Waals surface area contributed by atoms with Crippen LogP contribution in [0.1, 0.15) is 24.5 Å². The van der Waals surface area contributed by atoms with Crippen molar-refractivity contribution in [2.24, 2.45) is 11.7 Å². The summed E-state index contributed by atoms with van der Waals surface area (Å²) in [4.78, 5) is 13.8. The van der Waals surface area contributed by atoms with Gasteiger partial charge in [0, 0.05) is 19.2 Å². The van der Waals surface area contributed by atoms with E-state index in [2.05, 4.69) is 0 Å². The molecule has 1 heterocycles. The Labute approximate surface area is 127 Å². The van der Waals surface area contributed by atoms with Crippen molar-refractivity contribution < 1.29 is 18.0 Å². The predicted octanol–water partition coefficient (Wildman–Crippen LogP) is 2.92. The molecule has 2 rings (SSSR count). The summed E-state index contributed by atoms with van der Waals surface area (Å²) >= 11 is 0. The van der Waals surface area contributed by atoms with E-state index < -0.39 is 11.7 Å². The molecule has 0 bridgehead atoms. The van der Waals surface area contributed by atoms with Gasteiger partial charge in [0.05, 0.1) is 5.56 Å². The maximum absolute atomic E-state index is 13.0. The van der Waals surface area contributed by atoms with Gasteiger partial charge in [0.2, 0.25) is 5.91 Å². The average Bonchev–Trinajstić information content (AvgIpc) is 2.95. The zero-order chi connectivity index (χ0) is 16.3. The van der Waals surface area contributed by atoms with Gasteiger partial charge >= 0.3 is 6.18 Å². The number of halogens is 3. The van der Waals surface area contributed by atoms with Crippen LogP contribution >= 0.6 is 0 Å². The lowest BCUT2D eigenvalue weighted by Gasteiger charge is -2.16. The topological polar surface area (TPSA) is 46.3 Å². The standard InChI is InChI=1S/C16H19F3N2O/c1-11(8-15(22)21-7-6-12(9-20)10-21)13-4-2-3-5-14(13)16(17,18)19/h2-5,8,12H,6-7,9-10,20H2,1H3/b11-8+. The number of allylic oxidation sites excluding steroid dienone is 1. The van der Waals surface area contributed by atoms with Gasteiger partial charge in [0.25, 0.3) is 0 Å². The van der Waals surface area contributed by atoms with E-state index in [1.807, 2.05) is 0 Å². The maximum Gasteiger partial charge on any atom is 0.416 e. The molecule has 1 aliphatic heterocycles. The van der Waals surface area contributed by atoms with Gasteiger partial charge in [0.1, 0.15) is 0 Å². The second-order valence-electron chi connectivity index (χ2n) is 5.55. The third kappa shape index (κ3) is 3.68. The molecule has 1 aromatic carbocycles. The minimum absolute atomic E-state index is 0.0397. The maximum atomic E-state index is 13.0. The molecule has 0 saturated carbocycles. The molecule has 6 heteroatoms. The lowest BCUT2D eigenvalue weighted by atomic mass is 10.00. The van der Waals surface area contributed by atoms with Crippen molar-refractivity contribution in [3.8, 4) is 0 Å². The molecule has 1 atom stereocenters.